The van der Waals surface area contributed by atoms with E-state index in [0.717, 1.165) is 10.9 Å². The van der Waals surface area contributed by atoms with Crippen LogP contribution in [0.1, 0.15) is 32.3 Å². The lowest BCUT2D eigenvalue weighted by molar-refractivity contribution is 0.309. The van der Waals surface area contributed by atoms with Crippen molar-refractivity contribution < 1.29 is 13.2 Å². The predicted molar refractivity (Wildman–Crippen MR) is 101 cm³/mol. The molecule has 8 nitrogen and oxygen atoms in total. The zero-order valence-electron chi connectivity index (χ0n) is 14.8. The van der Waals surface area contributed by atoms with E-state index in [-0.39, 0.29) is 12.4 Å². The third-order valence-electron chi connectivity index (χ3n) is 4.13. The molecule has 140 valence electrons. The molecule has 0 saturated heterocycles. The molecule has 2 aromatic rings. The van der Waals surface area contributed by atoms with Crippen LogP contribution >= 0.6 is 11.6 Å². The predicted octanol–water partition coefficient (Wildman–Crippen LogP) is 4.03. The molecule has 0 N–H and O–H groups in total. The summed E-state index contributed by atoms with van der Waals surface area (Å²) >= 11 is 6.05. The van der Waals surface area contributed by atoms with Gasteiger partial charge in [0.1, 0.15) is 15.0 Å². The lowest BCUT2D eigenvalue weighted by Crippen LogP contribution is -2.18. The first-order valence-corrected chi connectivity index (χ1v) is 10.5. The summed E-state index contributed by atoms with van der Waals surface area (Å²) in [6.45, 7) is 3.95. The molecule has 0 aliphatic heterocycles. The molecule has 0 aromatic carbocycles. The number of halogens is 1. The first kappa shape index (κ1) is 20.2. The van der Waals surface area contributed by atoms with Gasteiger partial charge in [-0.1, -0.05) is 23.6 Å². The maximum atomic E-state index is 11.2. The Kier molecular flexibility index (Phi) is 6.28. The summed E-state index contributed by atoms with van der Waals surface area (Å²) < 4.78 is 28.1. The van der Waals surface area contributed by atoms with Gasteiger partial charge in [-0.3, -0.25) is 0 Å². The van der Waals surface area contributed by atoms with Crippen molar-refractivity contribution in [2.45, 2.75) is 32.2 Å². The van der Waals surface area contributed by atoms with E-state index in [1.807, 2.05) is 13.8 Å². The van der Waals surface area contributed by atoms with Crippen LogP contribution < -0.4 is 4.74 Å². The maximum Gasteiger partial charge on any atom is 0.222 e. The molecule has 0 radical (unpaired) electrons. The van der Waals surface area contributed by atoms with Crippen LogP contribution in [-0.4, -0.2) is 37.0 Å². The highest BCUT2D eigenvalue weighted by molar-refractivity contribution is 7.90. The molecule has 0 fully saturated rings. The highest BCUT2D eigenvalue weighted by atomic mass is 35.5. The molecule has 2 rings (SSSR count). The largest absolute Gasteiger partial charge is 0.477 e. The van der Waals surface area contributed by atoms with Crippen LogP contribution in [0.4, 0.5) is 0 Å². The lowest BCUT2D eigenvalue weighted by Gasteiger charge is -2.24. The molecule has 26 heavy (non-hydrogen) atoms. The second-order valence-electron chi connectivity index (χ2n) is 6.18. The molecule has 1 atom stereocenters. The van der Waals surface area contributed by atoms with E-state index in [9.17, 15) is 8.42 Å². The number of fused-ring (bicyclic) bond motifs is 1. The SMILES string of the molecule is CC[C@@](C)(N=[N+]=[N-])c1cnc(OCCCS(C)(=O)=O)c2cnc(Cl)cc12. The number of nitrogens with zero attached hydrogens (tertiary/aromatic N) is 5. The van der Waals surface area contributed by atoms with E-state index in [0.29, 0.717) is 29.3 Å². The lowest BCUT2D eigenvalue weighted by atomic mass is 9.88. The zero-order chi connectivity index (χ0) is 19.4. The van der Waals surface area contributed by atoms with Crippen molar-refractivity contribution in [3.05, 3.63) is 39.6 Å². The summed E-state index contributed by atoms with van der Waals surface area (Å²) in [5, 5.41) is 5.58. The first-order valence-electron chi connectivity index (χ1n) is 8.01. The van der Waals surface area contributed by atoms with Gasteiger partial charge in [0, 0.05) is 23.6 Å². The highest BCUT2D eigenvalue weighted by Gasteiger charge is 2.27. The van der Waals surface area contributed by atoms with Gasteiger partial charge in [0.15, 0.2) is 0 Å². The number of pyridine rings is 2. The molecule has 0 amide bonds. The van der Waals surface area contributed by atoms with E-state index in [1.54, 1.807) is 18.5 Å². The average molecular weight is 398 g/mol. The molecule has 0 unspecified atom stereocenters. The summed E-state index contributed by atoms with van der Waals surface area (Å²) in [6, 6.07) is 1.68. The van der Waals surface area contributed by atoms with Gasteiger partial charge in [0.2, 0.25) is 5.88 Å². The minimum Gasteiger partial charge on any atom is -0.477 e. The normalized spacial score (nSPS) is 13.8. The van der Waals surface area contributed by atoms with E-state index < -0.39 is 15.4 Å². The average Bonchev–Trinajstić information content (AvgIpc) is 2.57. The highest BCUT2D eigenvalue weighted by Crippen LogP contribution is 2.37. The summed E-state index contributed by atoms with van der Waals surface area (Å²) in [7, 11) is -3.04. The topological polar surface area (TPSA) is 118 Å². The van der Waals surface area contributed by atoms with Gasteiger partial charge in [-0.2, -0.15) is 0 Å². The molecular weight excluding hydrogens is 378 g/mol. The summed E-state index contributed by atoms with van der Waals surface area (Å²) in [4.78, 5) is 11.4. The van der Waals surface area contributed by atoms with Crippen LogP contribution in [0.3, 0.4) is 0 Å². The quantitative estimate of drug-likeness (QED) is 0.219. The molecule has 10 heteroatoms. The Hall–Kier alpha value is -2.09. The van der Waals surface area contributed by atoms with Crippen molar-refractivity contribution in [2.75, 3.05) is 18.6 Å². The number of hydrogen-bond donors (Lipinski definition) is 0. The molecule has 0 spiro atoms. The van der Waals surface area contributed by atoms with Crippen molar-refractivity contribution in [1.29, 1.82) is 0 Å². The van der Waals surface area contributed by atoms with Crippen molar-refractivity contribution in [1.82, 2.24) is 9.97 Å². The fourth-order valence-corrected chi connectivity index (χ4v) is 3.33. The minimum absolute atomic E-state index is 0.0396. The van der Waals surface area contributed by atoms with Crippen molar-refractivity contribution in [3.8, 4) is 5.88 Å². The van der Waals surface area contributed by atoms with E-state index in [1.165, 1.54) is 6.26 Å². The Morgan fingerprint density at radius 1 is 1.35 bits per heavy atom. The molecule has 0 saturated carbocycles. The molecule has 0 aliphatic carbocycles. The number of aromatic nitrogens is 2. The van der Waals surface area contributed by atoms with Crippen LogP contribution in [0.5, 0.6) is 5.88 Å². The van der Waals surface area contributed by atoms with Crippen molar-refractivity contribution >= 4 is 32.2 Å². The third kappa shape index (κ3) is 4.75. The van der Waals surface area contributed by atoms with Gasteiger partial charge < -0.3 is 4.74 Å². The second-order valence-corrected chi connectivity index (χ2v) is 8.83. The van der Waals surface area contributed by atoms with Gasteiger partial charge in [-0.05, 0) is 42.3 Å². The Balaban J connectivity index is 2.44. The number of rotatable bonds is 8. The molecule has 2 aromatic heterocycles. The molecule has 0 aliphatic rings. The minimum atomic E-state index is -3.04. The molecule has 2 heterocycles. The smallest absolute Gasteiger partial charge is 0.222 e. The number of hydrogen-bond acceptors (Lipinski definition) is 6. The van der Waals surface area contributed by atoms with Crippen LogP contribution in [-0.2, 0) is 15.4 Å². The fourth-order valence-electron chi connectivity index (χ4n) is 2.53. The van der Waals surface area contributed by atoms with Crippen LogP contribution in [0, 0.1) is 0 Å². The van der Waals surface area contributed by atoms with Crippen molar-refractivity contribution in [2.24, 2.45) is 5.11 Å². The van der Waals surface area contributed by atoms with Gasteiger partial charge in [0.25, 0.3) is 0 Å². The van der Waals surface area contributed by atoms with E-state index >= 15 is 0 Å². The Morgan fingerprint density at radius 2 is 2.08 bits per heavy atom. The first-order chi connectivity index (χ1) is 12.2. The van der Waals surface area contributed by atoms with Gasteiger partial charge in [0.05, 0.1) is 23.3 Å². The Bertz CT molecular complexity index is 960. The van der Waals surface area contributed by atoms with E-state index in [2.05, 4.69) is 20.0 Å². The van der Waals surface area contributed by atoms with Crippen LogP contribution in [0.25, 0.3) is 21.2 Å². The summed E-state index contributed by atoms with van der Waals surface area (Å²) in [5.74, 6) is 0.374. The maximum absolute atomic E-state index is 11.2. The monoisotopic (exact) mass is 397 g/mol. The fraction of sp³-hybridized carbons (Fsp3) is 0.500. The number of sulfone groups is 1. The Morgan fingerprint density at radius 3 is 2.69 bits per heavy atom. The molecular formula is C16H20ClN5O3S. The van der Waals surface area contributed by atoms with E-state index in [4.69, 9.17) is 21.9 Å². The standard InChI is InChI=1S/C16H20ClN5O3S/c1-4-16(2,21-22-18)13-10-20-15(25-6-5-7-26(3,23)24)12-9-19-14(17)8-11(12)13/h8-10H,4-7H2,1-3H3/t16-/m1/s1. The van der Waals surface area contributed by atoms with Gasteiger partial charge >= 0.3 is 0 Å². The summed E-state index contributed by atoms with van der Waals surface area (Å²) in [6.07, 6.45) is 5.26. The Labute approximate surface area is 157 Å². The van der Waals surface area contributed by atoms with Crippen LogP contribution in [0.2, 0.25) is 5.15 Å². The zero-order valence-corrected chi connectivity index (χ0v) is 16.4. The summed E-state index contributed by atoms with van der Waals surface area (Å²) in [5.41, 5.74) is 8.84. The van der Waals surface area contributed by atoms with Gasteiger partial charge in [-0.15, -0.1) is 0 Å². The number of azide groups is 1. The van der Waals surface area contributed by atoms with Crippen molar-refractivity contribution in [3.63, 3.8) is 0 Å². The van der Waals surface area contributed by atoms with Gasteiger partial charge in [-0.25, -0.2) is 18.4 Å². The number of ether oxygens (including phenoxy) is 1. The van der Waals surface area contributed by atoms with Crippen LogP contribution in [0.15, 0.2) is 23.6 Å². The second kappa shape index (κ2) is 8.07. The molecule has 0 bridgehead atoms. The third-order valence-corrected chi connectivity index (χ3v) is 5.37.